The number of pyridine rings is 1. The average Bonchev–Trinajstić information content (AvgIpc) is 2.79. The van der Waals surface area contributed by atoms with Crippen LogP contribution in [-0.2, 0) is 13.0 Å². The fourth-order valence-electron chi connectivity index (χ4n) is 4.67. The van der Waals surface area contributed by atoms with E-state index in [1.165, 1.54) is 12.1 Å². The van der Waals surface area contributed by atoms with Crippen LogP contribution in [0, 0.1) is 15.9 Å². The van der Waals surface area contributed by atoms with Crippen molar-refractivity contribution in [3.8, 4) is 0 Å². The second-order valence-electron chi connectivity index (χ2n) is 8.37. The topological polar surface area (TPSA) is 94.5 Å². The number of nitro benzene ring substituents is 1. The summed E-state index contributed by atoms with van der Waals surface area (Å²) < 4.78 is 14.0. The third-order valence-electron chi connectivity index (χ3n) is 6.35. The van der Waals surface area contributed by atoms with Gasteiger partial charge in [0.15, 0.2) is 0 Å². The fraction of sp³-hybridized carbons (Fsp3) is 0.348. The predicted octanol–water partition coefficient (Wildman–Crippen LogP) is 3.26. The number of nitrogens with one attached hydrogen (secondary N) is 2. The Morgan fingerprint density at radius 3 is 2.66 bits per heavy atom. The first kappa shape index (κ1) is 20.4. The van der Waals surface area contributed by atoms with Crippen molar-refractivity contribution in [2.45, 2.75) is 19.4 Å². The molecular weight excluding hydrogens is 413 g/mol. The highest BCUT2D eigenvalue weighted by Crippen LogP contribution is 2.29. The van der Waals surface area contributed by atoms with Crippen LogP contribution in [0.3, 0.4) is 0 Å². The van der Waals surface area contributed by atoms with E-state index in [2.05, 4.69) is 27.3 Å². The number of nitro groups is 1. The van der Waals surface area contributed by atoms with Crippen LogP contribution >= 0.6 is 0 Å². The third-order valence-corrected chi connectivity index (χ3v) is 6.35. The maximum atomic E-state index is 14.0. The van der Waals surface area contributed by atoms with Gasteiger partial charge in [-0.1, -0.05) is 12.1 Å². The number of fused-ring (bicyclic) bond motifs is 3. The van der Waals surface area contributed by atoms with Crippen molar-refractivity contribution in [1.29, 1.82) is 0 Å². The summed E-state index contributed by atoms with van der Waals surface area (Å²) in [5.74, 6) is -0.809. The highest BCUT2D eigenvalue weighted by atomic mass is 19.1. The molecule has 5 rings (SSSR count). The van der Waals surface area contributed by atoms with Gasteiger partial charge in [0.05, 0.1) is 16.1 Å². The molecule has 2 aromatic carbocycles. The Balaban J connectivity index is 1.27. The fourth-order valence-corrected chi connectivity index (χ4v) is 4.67. The zero-order valence-electron chi connectivity index (χ0n) is 17.6. The molecule has 0 spiro atoms. The standard InChI is InChI=1S/C23H24FN5O3/c24-19-13-16(4-6-21(19)29(31)32)28-10-8-27(9-11-28)14-15-3-5-17-20(12-15)26-23(30)18-2-1-7-25-22(17)18/h3-6,12-13,25H,1-2,7-11,14H2,(H,26,30). The minimum Gasteiger partial charge on any atom is -0.384 e. The molecule has 3 heterocycles. The van der Waals surface area contributed by atoms with Crippen molar-refractivity contribution in [2.24, 2.45) is 0 Å². The maximum absolute atomic E-state index is 14.0. The Hall–Kier alpha value is -3.46. The van der Waals surface area contributed by atoms with Crippen LogP contribution in [0.5, 0.6) is 0 Å². The van der Waals surface area contributed by atoms with Gasteiger partial charge in [-0.2, -0.15) is 4.39 Å². The first-order valence-electron chi connectivity index (χ1n) is 10.8. The van der Waals surface area contributed by atoms with Gasteiger partial charge in [-0.15, -0.1) is 0 Å². The second kappa shape index (κ2) is 8.23. The molecule has 2 aliphatic heterocycles. The quantitative estimate of drug-likeness (QED) is 0.481. The molecule has 0 saturated carbocycles. The number of hydrogen-bond donors (Lipinski definition) is 2. The number of anilines is 2. The van der Waals surface area contributed by atoms with Crippen molar-refractivity contribution in [1.82, 2.24) is 9.88 Å². The summed E-state index contributed by atoms with van der Waals surface area (Å²) >= 11 is 0. The number of aromatic nitrogens is 1. The van der Waals surface area contributed by atoms with Crippen LogP contribution < -0.4 is 15.8 Å². The first-order valence-corrected chi connectivity index (χ1v) is 10.8. The number of benzene rings is 2. The molecule has 0 unspecified atom stereocenters. The van der Waals surface area contributed by atoms with Gasteiger partial charge in [0.1, 0.15) is 0 Å². The molecule has 1 saturated heterocycles. The summed E-state index contributed by atoms with van der Waals surface area (Å²) in [5.41, 5.74) is 3.92. The van der Waals surface area contributed by atoms with Gasteiger partial charge in [-0.05, 0) is 30.5 Å². The van der Waals surface area contributed by atoms with Gasteiger partial charge in [0, 0.05) is 68.0 Å². The lowest BCUT2D eigenvalue weighted by Gasteiger charge is -2.36. The molecule has 166 valence electrons. The molecule has 0 radical (unpaired) electrons. The van der Waals surface area contributed by atoms with Gasteiger partial charge in [0.25, 0.3) is 5.56 Å². The van der Waals surface area contributed by atoms with E-state index < -0.39 is 16.4 Å². The molecular formula is C23H24FN5O3. The minimum absolute atomic E-state index is 0.0132. The number of rotatable bonds is 4. The summed E-state index contributed by atoms with van der Waals surface area (Å²) in [6, 6.07) is 10.3. The van der Waals surface area contributed by atoms with E-state index in [-0.39, 0.29) is 5.56 Å². The zero-order chi connectivity index (χ0) is 22.2. The minimum atomic E-state index is -0.809. The van der Waals surface area contributed by atoms with E-state index in [1.807, 2.05) is 11.0 Å². The van der Waals surface area contributed by atoms with Crippen molar-refractivity contribution < 1.29 is 9.31 Å². The van der Waals surface area contributed by atoms with Crippen LogP contribution in [-0.4, -0.2) is 47.5 Å². The number of H-pyrrole nitrogens is 1. The van der Waals surface area contributed by atoms with Crippen molar-refractivity contribution in [3.05, 3.63) is 73.8 Å². The Labute approximate surface area is 183 Å². The molecule has 9 heteroatoms. The van der Waals surface area contributed by atoms with E-state index in [0.29, 0.717) is 18.8 Å². The summed E-state index contributed by atoms with van der Waals surface area (Å²) in [5, 5.41) is 15.2. The van der Waals surface area contributed by atoms with E-state index in [0.717, 1.165) is 66.7 Å². The van der Waals surface area contributed by atoms with Crippen LogP contribution in [0.2, 0.25) is 0 Å². The lowest BCUT2D eigenvalue weighted by molar-refractivity contribution is -0.387. The number of hydrogen-bond acceptors (Lipinski definition) is 6. The van der Waals surface area contributed by atoms with Crippen LogP contribution in [0.15, 0.2) is 41.2 Å². The Morgan fingerprint density at radius 1 is 1.09 bits per heavy atom. The van der Waals surface area contributed by atoms with Crippen LogP contribution in [0.25, 0.3) is 10.9 Å². The van der Waals surface area contributed by atoms with Crippen molar-refractivity contribution in [2.75, 3.05) is 42.9 Å². The monoisotopic (exact) mass is 437 g/mol. The lowest BCUT2D eigenvalue weighted by atomic mass is 10.0. The smallest absolute Gasteiger partial charge is 0.304 e. The lowest BCUT2D eigenvalue weighted by Crippen LogP contribution is -2.46. The highest BCUT2D eigenvalue weighted by Gasteiger charge is 2.21. The molecule has 2 N–H and O–H groups in total. The van der Waals surface area contributed by atoms with Gasteiger partial charge >= 0.3 is 5.69 Å². The Kier molecular flexibility index (Phi) is 5.26. The summed E-state index contributed by atoms with van der Waals surface area (Å²) in [4.78, 5) is 30.0. The van der Waals surface area contributed by atoms with Gasteiger partial charge in [0.2, 0.25) is 5.82 Å². The average molecular weight is 437 g/mol. The SMILES string of the molecule is O=c1[nH]c2cc(CN3CCN(c4ccc([N+](=O)[O-])c(F)c4)CC3)ccc2c2c1CCCN2. The number of piperazine rings is 1. The maximum Gasteiger partial charge on any atom is 0.304 e. The Bertz CT molecular complexity index is 1250. The van der Waals surface area contributed by atoms with Gasteiger partial charge in [-0.25, -0.2) is 0 Å². The molecule has 0 atom stereocenters. The molecule has 0 amide bonds. The molecule has 2 aliphatic rings. The van der Waals surface area contributed by atoms with Crippen molar-refractivity contribution >= 4 is 28.0 Å². The van der Waals surface area contributed by atoms with E-state index in [4.69, 9.17) is 0 Å². The van der Waals surface area contributed by atoms with Gasteiger partial charge in [-0.3, -0.25) is 19.8 Å². The molecule has 0 bridgehead atoms. The summed E-state index contributed by atoms with van der Waals surface area (Å²) in [6.07, 6.45) is 1.77. The molecule has 1 aromatic heterocycles. The van der Waals surface area contributed by atoms with Crippen LogP contribution in [0.4, 0.5) is 21.5 Å². The summed E-state index contributed by atoms with van der Waals surface area (Å²) in [6.45, 7) is 4.64. The van der Waals surface area contributed by atoms with Crippen LogP contribution in [0.1, 0.15) is 17.5 Å². The molecule has 8 nitrogen and oxygen atoms in total. The normalized spacial score (nSPS) is 16.6. The predicted molar refractivity (Wildman–Crippen MR) is 122 cm³/mol. The van der Waals surface area contributed by atoms with E-state index >= 15 is 0 Å². The van der Waals surface area contributed by atoms with Gasteiger partial charge < -0.3 is 15.2 Å². The number of aromatic amines is 1. The summed E-state index contributed by atoms with van der Waals surface area (Å²) in [7, 11) is 0. The molecule has 1 fully saturated rings. The van der Waals surface area contributed by atoms with Crippen molar-refractivity contribution in [3.63, 3.8) is 0 Å². The molecule has 32 heavy (non-hydrogen) atoms. The highest BCUT2D eigenvalue weighted by molar-refractivity contribution is 5.93. The number of halogens is 1. The zero-order valence-corrected chi connectivity index (χ0v) is 17.6. The first-order chi connectivity index (χ1) is 15.5. The number of nitrogens with zero attached hydrogens (tertiary/aromatic N) is 3. The molecule has 3 aromatic rings. The van der Waals surface area contributed by atoms with E-state index in [1.54, 1.807) is 6.07 Å². The molecule has 0 aliphatic carbocycles. The third kappa shape index (κ3) is 3.80. The Morgan fingerprint density at radius 2 is 1.91 bits per heavy atom. The second-order valence-corrected chi connectivity index (χ2v) is 8.37. The van der Waals surface area contributed by atoms with E-state index in [9.17, 15) is 19.3 Å². The largest absolute Gasteiger partial charge is 0.384 e.